The zero-order valence-electron chi connectivity index (χ0n) is 7.98. The highest BCUT2D eigenvalue weighted by molar-refractivity contribution is 9.10. The molecule has 0 radical (unpaired) electrons. The minimum Gasteiger partial charge on any atom is -0.390 e. The molecule has 1 N–H and O–H groups in total. The lowest BCUT2D eigenvalue weighted by molar-refractivity contribution is 0.151. The first-order valence-corrected chi connectivity index (χ1v) is 5.46. The van der Waals surface area contributed by atoms with Gasteiger partial charge in [-0.15, -0.1) is 0 Å². The standard InChI is InChI=1S/C11H12BrFO/c1-7-9(12)4-8(5-10(7)13)6-11(14)2-3-11/h4-5,14H,2-3,6H2,1H3. The molecule has 2 rings (SSSR count). The van der Waals surface area contributed by atoms with Gasteiger partial charge in [-0.05, 0) is 43.0 Å². The Kier molecular flexibility index (Phi) is 2.40. The van der Waals surface area contributed by atoms with Crippen LogP contribution < -0.4 is 0 Å². The third kappa shape index (κ3) is 1.98. The summed E-state index contributed by atoms with van der Waals surface area (Å²) in [4.78, 5) is 0. The van der Waals surface area contributed by atoms with Gasteiger partial charge in [-0.3, -0.25) is 0 Å². The monoisotopic (exact) mass is 258 g/mol. The third-order valence-corrected chi connectivity index (χ3v) is 3.52. The van der Waals surface area contributed by atoms with Crippen LogP contribution in [0.5, 0.6) is 0 Å². The third-order valence-electron chi connectivity index (χ3n) is 2.70. The molecule has 14 heavy (non-hydrogen) atoms. The number of benzene rings is 1. The maximum Gasteiger partial charge on any atom is 0.127 e. The van der Waals surface area contributed by atoms with Crippen molar-refractivity contribution in [2.24, 2.45) is 0 Å². The molecule has 0 aromatic heterocycles. The molecular weight excluding hydrogens is 247 g/mol. The Labute approximate surface area is 91.1 Å². The molecule has 1 aliphatic rings. The molecule has 0 aliphatic heterocycles. The normalized spacial score (nSPS) is 18.3. The highest BCUT2D eigenvalue weighted by atomic mass is 79.9. The fourth-order valence-electron chi connectivity index (χ4n) is 1.50. The number of halogens is 2. The molecular formula is C11H12BrFO. The molecule has 1 nitrogen and oxygen atoms in total. The van der Waals surface area contributed by atoms with Crippen molar-refractivity contribution in [3.8, 4) is 0 Å². The van der Waals surface area contributed by atoms with Gasteiger partial charge in [0.15, 0.2) is 0 Å². The van der Waals surface area contributed by atoms with Crippen molar-refractivity contribution in [1.82, 2.24) is 0 Å². The Bertz CT molecular complexity index is 349. The van der Waals surface area contributed by atoms with Crippen LogP contribution in [0.25, 0.3) is 0 Å². The summed E-state index contributed by atoms with van der Waals surface area (Å²) in [5.41, 5.74) is 0.928. The minimum atomic E-state index is -0.554. The Morgan fingerprint density at radius 2 is 2.14 bits per heavy atom. The Morgan fingerprint density at radius 3 is 2.64 bits per heavy atom. The summed E-state index contributed by atoms with van der Waals surface area (Å²) in [5.74, 6) is -0.210. The summed E-state index contributed by atoms with van der Waals surface area (Å²) < 4.78 is 14.1. The maximum absolute atomic E-state index is 13.3. The van der Waals surface area contributed by atoms with E-state index < -0.39 is 5.60 Å². The van der Waals surface area contributed by atoms with E-state index >= 15 is 0 Å². The summed E-state index contributed by atoms with van der Waals surface area (Å²) in [6.45, 7) is 1.73. The Hall–Kier alpha value is -0.410. The van der Waals surface area contributed by atoms with Crippen LogP contribution in [0.3, 0.4) is 0 Å². The van der Waals surface area contributed by atoms with Crippen molar-refractivity contribution < 1.29 is 9.50 Å². The van der Waals surface area contributed by atoms with Crippen LogP contribution in [-0.4, -0.2) is 10.7 Å². The van der Waals surface area contributed by atoms with Gasteiger partial charge in [0.1, 0.15) is 5.82 Å². The average molecular weight is 259 g/mol. The van der Waals surface area contributed by atoms with Gasteiger partial charge in [-0.1, -0.05) is 15.9 Å². The summed E-state index contributed by atoms with van der Waals surface area (Å²) >= 11 is 3.30. The summed E-state index contributed by atoms with van der Waals surface area (Å²) in [7, 11) is 0. The number of hydrogen-bond acceptors (Lipinski definition) is 1. The quantitative estimate of drug-likeness (QED) is 0.865. The first kappa shape index (κ1) is 10.1. The average Bonchev–Trinajstić information content (AvgIpc) is 2.79. The lowest BCUT2D eigenvalue weighted by Gasteiger charge is -2.09. The molecule has 76 valence electrons. The minimum absolute atomic E-state index is 0.210. The number of hydrogen-bond donors (Lipinski definition) is 1. The molecule has 0 saturated heterocycles. The molecule has 0 bridgehead atoms. The van der Waals surface area contributed by atoms with Gasteiger partial charge < -0.3 is 5.11 Å². The van der Waals surface area contributed by atoms with E-state index in [9.17, 15) is 9.50 Å². The highest BCUT2D eigenvalue weighted by Crippen LogP contribution is 2.38. The van der Waals surface area contributed by atoms with E-state index in [2.05, 4.69) is 15.9 Å². The predicted molar refractivity (Wildman–Crippen MR) is 56.7 cm³/mol. The van der Waals surface area contributed by atoms with Crippen molar-refractivity contribution in [2.45, 2.75) is 31.8 Å². The predicted octanol–water partition coefficient (Wildman–Crippen LogP) is 2.96. The molecule has 0 amide bonds. The van der Waals surface area contributed by atoms with Gasteiger partial charge in [0, 0.05) is 10.9 Å². The van der Waals surface area contributed by atoms with E-state index in [1.165, 1.54) is 6.07 Å². The number of rotatable bonds is 2. The fraction of sp³-hybridized carbons (Fsp3) is 0.455. The highest BCUT2D eigenvalue weighted by Gasteiger charge is 2.40. The molecule has 1 aliphatic carbocycles. The van der Waals surface area contributed by atoms with Crippen molar-refractivity contribution >= 4 is 15.9 Å². The van der Waals surface area contributed by atoms with E-state index in [1.807, 2.05) is 6.07 Å². The second kappa shape index (κ2) is 3.31. The molecule has 1 aromatic rings. The lowest BCUT2D eigenvalue weighted by atomic mass is 10.0. The van der Waals surface area contributed by atoms with Crippen LogP contribution >= 0.6 is 15.9 Å². The van der Waals surface area contributed by atoms with E-state index in [-0.39, 0.29) is 5.82 Å². The zero-order chi connectivity index (χ0) is 10.3. The van der Waals surface area contributed by atoms with Crippen LogP contribution in [0.1, 0.15) is 24.0 Å². The number of aliphatic hydroxyl groups is 1. The van der Waals surface area contributed by atoms with Gasteiger partial charge >= 0.3 is 0 Å². The molecule has 1 aromatic carbocycles. The smallest absolute Gasteiger partial charge is 0.127 e. The largest absolute Gasteiger partial charge is 0.390 e. The first-order chi connectivity index (χ1) is 6.50. The van der Waals surface area contributed by atoms with Crippen molar-refractivity contribution in [2.75, 3.05) is 0 Å². The van der Waals surface area contributed by atoms with Crippen molar-refractivity contribution in [3.05, 3.63) is 33.5 Å². The zero-order valence-corrected chi connectivity index (χ0v) is 9.57. The Balaban J connectivity index is 2.26. The SMILES string of the molecule is Cc1c(F)cc(CC2(O)CC2)cc1Br. The second-order valence-electron chi connectivity index (χ2n) is 4.09. The molecule has 1 saturated carbocycles. The van der Waals surface area contributed by atoms with Crippen LogP contribution in [0.2, 0.25) is 0 Å². The van der Waals surface area contributed by atoms with Crippen LogP contribution in [0.4, 0.5) is 4.39 Å². The molecule has 3 heteroatoms. The molecule has 0 heterocycles. The summed E-state index contributed by atoms with van der Waals surface area (Å²) in [5, 5.41) is 9.70. The lowest BCUT2D eigenvalue weighted by Crippen LogP contribution is -2.11. The van der Waals surface area contributed by atoms with E-state index in [0.717, 1.165) is 22.9 Å². The van der Waals surface area contributed by atoms with Gasteiger partial charge in [0.05, 0.1) is 5.60 Å². The maximum atomic E-state index is 13.3. The summed E-state index contributed by atoms with van der Waals surface area (Å²) in [6, 6.07) is 3.39. The van der Waals surface area contributed by atoms with Crippen molar-refractivity contribution in [3.63, 3.8) is 0 Å². The topological polar surface area (TPSA) is 20.2 Å². The molecule has 0 spiro atoms. The van der Waals surface area contributed by atoms with Gasteiger partial charge in [-0.25, -0.2) is 4.39 Å². The van der Waals surface area contributed by atoms with E-state index in [1.54, 1.807) is 6.92 Å². The van der Waals surface area contributed by atoms with Crippen LogP contribution in [-0.2, 0) is 6.42 Å². The van der Waals surface area contributed by atoms with Crippen LogP contribution in [0.15, 0.2) is 16.6 Å². The Morgan fingerprint density at radius 1 is 1.50 bits per heavy atom. The molecule has 1 fully saturated rings. The van der Waals surface area contributed by atoms with Gasteiger partial charge in [-0.2, -0.15) is 0 Å². The molecule has 0 unspecified atom stereocenters. The van der Waals surface area contributed by atoms with Crippen molar-refractivity contribution in [1.29, 1.82) is 0 Å². The fourth-order valence-corrected chi connectivity index (χ4v) is 1.98. The van der Waals surface area contributed by atoms with E-state index in [4.69, 9.17) is 0 Å². The molecule has 0 atom stereocenters. The van der Waals surface area contributed by atoms with Gasteiger partial charge in [0.25, 0.3) is 0 Å². The summed E-state index contributed by atoms with van der Waals surface area (Å²) in [6.07, 6.45) is 2.23. The van der Waals surface area contributed by atoms with Crippen LogP contribution in [0, 0.1) is 12.7 Å². The first-order valence-electron chi connectivity index (χ1n) is 4.67. The van der Waals surface area contributed by atoms with Gasteiger partial charge in [0.2, 0.25) is 0 Å². The van der Waals surface area contributed by atoms with E-state index in [0.29, 0.717) is 12.0 Å². The second-order valence-corrected chi connectivity index (χ2v) is 4.94.